The average Bonchev–Trinajstić information content (AvgIpc) is 2.71. The van der Waals surface area contributed by atoms with E-state index in [0.29, 0.717) is 25.2 Å². The van der Waals surface area contributed by atoms with Crippen molar-refractivity contribution in [3.8, 4) is 0 Å². The number of carboxylic acids is 1. The van der Waals surface area contributed by atoms with Crippen LogP contribution in [0.4, 0.5) is 5.69 Å². The first-order valence-corrected chi connectivity index (χ1v) is 5.31. The van der Waals surface area contributed by atoms with E-state index in [1.54, 1.807) is 11.0 Å². The van der Waals surface area contributed by atoms with Crippen LogP contribution in [-0.2, 0) is 4.79 Å². The predicted molar refractivity (Wildman–Crippen MR) is 60.7 cm³/mol. The lowest BCUT2D eigenvalue weighted by Crippen LogP contribution is -2.25. The van der Waals surface area contributed by atoms with Gasteiger partial charge in [0.25, 0.3) is 0 Å². The van der Waals surface area contributed by atoms with E-state index in [0.717, 1.165) is 0 Å². The van der Waals surface area contributed by atoms with Crippen molar-refractivity contribution in [3.05, 3.63) is 24.0 Å². The number of carbonyl (C=O) groups excluding carboxylic acids is 1. The molecule has 2 heterocycles. The molecule has 1 saturated heterocycles. The van der Waals surface area contributed by atoms with Gasteiger partial charge < -0.3 is 15.7 Å². The van der Waals surface area contributed by atoms with Gasteiger partial charge in [-0.1, -0.05) is 0 Å². The van der Waals surface area contributed by atoms with Gasteiger partial charge in [0.15, 0.2) is 0 Å². The summed E-state index contributed by atoms with van der Waals surface area (Å²) in [7, 11) is 0. The number of nitrogens with zero attached hydrogens (tertiary/aromatic N) is 2. The fourth-order valence-corrected chi connectivity index (χ4v) is 1.86. The van der Waals surface area contributed by atoms with Gasteiger partial charge in [0.1, 0.15) is 5.69 Å². The zero-order valence-electron chi connectivity index (χ0n) is 9.17. The molecule has 6 heteroatoms. The lowest BCUT2D eigenvalue weighted by Gasteiger charge is -2.15. The molecule has 90 valence electrons. The van der Waals surface area contributed by atoms with Gasteiger partial charge >= 0.3 is 5.97 Å². The summed E-state index contributed by atoms with van der Waals surface area (Å²) >= 11 is 0. The molecule has 0 spiro atoms. The highest BCUT2D eigenvalue weighted by atomic mass is 16.4. The molecule has 0 bridgehead atoms. The number of anilines is 1. The molecule has 0 aromatic carbocycles. The van der Waals surface area contributed by atoms with Crippen LogP contribution in [0.1, 0.15) is 16.9 Å². The number of rotatable bonds is 3. The van der Waals surface area contributed by atoms with Crippen LogP contribution in [-0.4, -0.2) is 35.1 Å². The standard InChI is InChI=1S/C11H13N3O3/c12-4-7-3-10(15)14(6-7)8-1-2-9(11(16)17)13-5-8/h1-2,5,7H,3-4,6,12H2,(H,16,17). The van der Waals surface area contributed by atoms with Crippen molar-refractivity contribution in [2.45, 2.75) is 6.42 Å². The van der Waals surface area contributed by atoms with Gasteiger partial charge in [-0.3, -0.25) is 4.79 Å². The van der Waals surface area contributed by atoms with Crippen molar-refractivity contribution in [2.75, 3.05) is 18.0 Å². The lowest BCUT2D eigenvalue weighted by molar-refractivity contribution is -0.117. The van der Waals surface area contributed by atoms with Crippen LogP contribution in [0.2, 0.25) is 0 Å². The van der Waals surface area contributed by atoms with Crippen molar-refractivity contribution in [1.82, 2.24) is 4.98 Å². The average molecular weight is 235 g/mol. The number of aromatic carboxylic acids is 1. The first kappa shape index (κ1) is 11.5. The molecule has 0 radical (unpaired) electrons. The zero-order valence-corrected chi connectivity index (χ0v) is 9.17. The minimum absolute atomic E-state index is 0.00493. The SMILES string of the molecule is NCC1CC(=O)N(c2ccc(C(=O)O)nc2)C1. The van der Waals surface area contributed by atoms with Gasteiger partial charge in [-0.2, -0.15) is 0 Å². The van der Waals surface area contributed by atoms with Crippen LogP contribution in [0.25, 0.3) is 0 Å². The molecule has 1 aliphatic heterocycles. The highest BCUT2D eigenvalue weighted by molar-refractivity contribution is 5.96. The van der Waals surface area contributed by atoms with E-state index < -0.39 is 5.97 Å². The van der Waals surface area contributed by atoms with Gasteiger partial charge in [-0.05, 0) is 24.6 Å². The Kier molecular flexibility index (Phi) is 3.06. The first-order valence-electron chi connectivity index (χ1n) is 5.31. The van der Waals surface area contributed by atoms with Gasteiger partial charge in [-0.25, -0.2) is 9.78 Å². The second kappa shape index (κ2) is 4.50. The van der Waals surface area contributed by atoms with Crippen molar-refractivity contribution >= 4 is 17.6 Å². The number of carboxylic acid groups (broad SMARTS) is 1. The Morgan fingerprint density at radius 3 is 2.82 bits per heavy atom. The van der Waals surface area contributed by atoms with Gasteiger partial charge in [0.2, 0.25) is 5.91 Å². The second-order valence-corrected chi connectivity index (χ2v) is 4.02. The number of amides is 1. The van der Waals surface area contributed by atoms with E-state index in [2.05, 4.69) is 4.98 Å². The fourth-order valence-electron chi connectivity index (χ4n) is 1.86. The number of hydrogen-bond acceptors (Lipinski definition) is 4. The molecular weight excluding hydrogens is 222 g/mol. The smallest absolute Gasteiger partial charge is 0.354 e. The van der Waals surface area contributed by atoms with Crippen molar-refractivity contribution in [3.63, 3.8) is 0 Å². The van der Waals surface area contributed by atoms with E-state index in [9.17, 15) is 9.59 Å². The maximum absolute atomic E-state index is 11.7. The Labute approximate surface area is 98.1 Å². The maximum Gasteiger partial charge on any atom is 0.354 e. The van der Waals surface area contributed by atoms with E-state index in [1.807, 2.05) is 0 Å². The van der Waals surface area contributed by atoms with Crippen LogP contribution in [0.5, 0.6) is 0 Å². The molecule has 1 aromatic heterocycles. The van der Waals surface area contributed by atoms with E-state index in [1.165, 1.54) is 12.3 Å². The lowest BCUT2D eigenvalue weighted by atomic mass is 10.1. The number of carbonyl (C=O) groups is 2. The highest BCUT2D eigenvalue weighted by Crippen LogP contribution is 2.23. The van der Waals surface area contributed by atoms with Gasteiger partial charge in [-0.15, -0.1) is 0 Å². The summed E-state index contributed by atoms with van der Waals surface area (Å²) in [6, 6.07) is 2.98. The number of nitrogens with two attached hydrogens (primary N) is 1. The Balaban J connectivity index is 2.18. The molecule has 1 fully saturated rings. The summed E-state index contributed by atoms with van der Waals surface area (Å²) in [5.74, 6) is -0.906. The number of hydrogen-bond donors (Lipinski definition) is 2. The summed E-state index contributed by atoms with van der Waals surface area (Å²) < 4.78 is 0. The first-order chi connectivity index (χ1) is 8.11. The van der Waals surface area contributed by atoms with Gasteiger partial charge in [0.05, 0.1) is 11.9 Å². The predicted octanol–water partition coefficient (Wildman–Crippen LogP) is 0.0914. The van der Waals surface area contributed by atoms with Crippen LogP contribution in [0.3, 0.4) is 0 Å². The third-order valence-corrected chi connectivity index (χ3v) is 2.82. The topological polar surface area (TPSA) is 96.5 Å². The molecule has 3 N–H and O–H groups in total. The largest absolute Gasteiger partial charge is 0.477 e. The molecule has 0 aliphatic carbocycles. The quantitative estimate of drug-likeness (QED) is 0.774. The number of aromatic nitrogens is 1. The molecule has 17 heavy (non-hydrogen) atoms. The highest BCUT2D eigenvalue weighted by Gasteiger charge is 2.29. The molecular formula is C11H13N3O3. The Hall–Kier alpha value is -1.95. The van der Waals surface area contributed by atoms with E-state index in [-0.39, 0.29) is 17.5 Å². The number of pyridine rings is 1. The summed E-state index contributed by atoms with van der Waals surface area (Å²) in [4.78, 5) is 27.7. The van der Waals surface area contributed by atoms with Crippen LogP contribution in [0.15, 0.2) is 18.3 Å². The molecule has 0 saturated carbocycles. The second-order valence-electron chi connectivity index (χ2n) is 4.02. The molecule has 1 aliphatic rings. The Bertz CT molecular complexity index is 444. The third kappa shape index (κ3) is 2.26. The summed E-state index contributed by atoms with van der Waals surface area (Å²) in [6.07, 6.45) is 1.84. The summed E-state index contributed by atoms with van der Waals surface area (Å²) in [6.45, 7) is 1.05. The van der Waals surface area contributed by atoms with E-state index in [4.69, 9.17) is 10.8 Å². The maximum atomic E-state index is 11.7. The molecule has 1 atom stereocenters. The Morgan fingerprint density at radius 2 is 2.35 bits per heavy atom. The molecule has 1 amide bonds. The minimum Gasteiger partial charge on any atom is -0.477 e. The summed E-state index contributed by atoms with van der Waals surface area (Å²) in [5, 5.41) is 8.71. The molecule has 1 unspecified atom stereocenters. The summed E-state index contributed by atoms with van der Waals surface area (Å²) in [5.41, 5.74) is 6.12. The fraction of sp³-hybridized carbons (Fsp3) is 0.364. The Morgan fingerprint density at radius 1 is 1.59 bits per heavy atom. The molecule has 6 nitrogen and oxygen atoms in total. The normalized spacial score (nSPS) is 19.7. The van der Waals surface area contributed by atoms with Crippen LogP contribution < -0.4 is 10.6 Å². The van der Waals surface area contributed by atoms with Crippen molar-refractivity contribution in [1.29, 1.82) is 0 Å². The van der Waals surface area contributed by atoms with Gasteiger partial charge in [0, 0.05) is 13.0 Å². The van der Waals surface area contributed by atoms with Crippen molar-refractivity contribution < 1.29 is 14.7 Å². The van der Waals surface area contributed by atoms with Crippen LogP contribution in [0, 0.1) is 5.92 Å². The van der Waals surface area contributed by atoms with Crippen molar-refractivity contribution in [2.24, 2.45) is 11.7 Å². The third-order valence-electron chi connectivity index (χ3n) is 2.82. The monoisotopic (exact) mass is 235 g/mol. The van der Waals surface area contributed by atoms with Crippen LogP contribution >= 0.6 is 0 Å². The minimum atomic E-state index is -1.08. The zero-order chi connectivity index (χ0) is 12.4. The van der Waals surface area contributed by atoms with E-state index >= 15 is 0 Å². The molecule has 2 rings (SSSR count). The molecule has 1 aromatic rings.